The standard InChI is InChI=1S/C20H23Cl3N4O4/c1-19(2,3)15-9-16(24-17(28)31-11-20(21,22)23)27(25-15)14-5-4-13-10-26(18(29)30)7-6-12(13)8-14/h4-5,8-9H,6-7,10-11H2,1-3H3,(H,24,28)(H,29,30). The Balaban J connectivity index is 1.90. The highest BCUT2D eigenvalue weighted by molar-refractivity contribution is 6.67. The van der Waals surface area contributed by atoms with Gasteiger partial charge in [-0.2, -0.15) is 5.10 Å². The summed E-state index contributed by atoms with van der Waals surface area (Å²) >= 11 is 16.9. The highest BCUT2D eigenvalue weighted by Gasteiger charge is 2.26. The predicted molar refractivity (Wildman–Crippen MR) is 120 cm³/mol. The van der Waals surface area contributed by atoms with Crippen molar-refractivity contribution < 1.29 is 19.4 Å². The van der Waals surface area contributed by atoms with E-state index in [9.17, 15) is 14.7 Å². The Morgan fingerprint density at radius 3 is 2.52 bits per heavy atom. The molecule has 0 saturated heterocycles. The van der Waals surface area contributed by atoms with Crippen molar-refractivity contribution in [1.82, 2.24) is 14.7 Å². The number of fused-ring (bicyclic) bond motifs is 1. The summed E-state index contributed by atoms with van der Waals surface area (Å²) in [6, 6.07) is 7.43. The van der Waals surface area contributed by atoms with Crippen molar-refractivity contribution in [3.63, 3.8) is 0 Å². The average Bonchev–Trinajstić information content (AvgIpc) is 3.09. The van der Waals surface area contributed by atoms with Gasteiger partial charge in [-0.25, -0.2) is 14.3 Å². The summed E-state index contributed by atoms with van der Waals surface area (Å²) in [5.41, 5.74) is 3.21. The molecule has 0 atom stereocenters. The van der Waals surface area contributed by atoms with Gasteiger partial charge < -0.3 is 14.7 Å². The highest BCUT2D eigenvalue weighted by atomic mass is 35.6. The van der Waals surface area contributed by atoms with Gasteiger partial charge in [0.15, 0.2) is 0 Å². The van der Waals surface area contributed by atoms with Crippen LogP contribution in [0.5, 0.6) is 0 Å². The molecule has 2 N–H and O–H groups in total. The van der Waals surface area contributed by atoms with Crippen molar-refractivity contribution in [2.75, 3.05) is 18.5 Å². The van der Waals surface area contributed by atoms with E-state index in [0.717, 1.165) is 22.5 Å². The monoisotopic (exact) mass is 488 g/mol. The Bertz CT molecular complexity index is 995. The van der Waals surface area contributed by atoms with E-state index in [-0.39, 0.29) is 5.41 Å². The molecule has 2 amide bonds. The number of carboxylic acid groups (broad SMARTS) is 1. The number of ether oxygens (including phenoxy) is 1. The van der Waals surface area contributed by atoms with E-state index < -0.39 is 22.6 Å². The molecule has 0 radical (unpaired) electrons. The molecule has 2 aromatic rings. The fourth-order valence-electron chi connectivity index (χ4n) is 3.16. The molecule has 0 fully saturated rings. The number of aromatic nitrogens is 2. The molecule has 0 unspecified atom stereocenters. The van der Waals surface area contributed by atoms with Gasteiger partial charge in [-0.15, -0.1) is 0 Å². The lowest BCUT2D eigenvalue weighted by Crippen LogP contribution is -2.34. The molecule has 1 aliphatic rings. The van der Waals surface area contributed by atoms with E-state index in [4.69, 9.17) is 39.5 Å². The SMILES string of the molecule is CC(C)(C)c1cc(NC(=O)OCC(Cl)(Cl)Cl)n(-c2ccc3c(c2)CCN(C(=O)O)C3)n1. The lowest BCUT2D eigenvalue weighted by Gasteiger charge is -2.26. The first-order chi connectivity index (χ1) is 14.3. The molecule has 11 heteroatoms. The number of nitrogens with one attached hydrogen (secondary N) is 1. The first-order valence-corrected chi connectivity index (χ1v) is 10.7. The normalized spacial score (nSPS) is 14.2. The third-order valence-electron chi connectivity index (χ3n) is 4.79. The quantitative estimate of drug-likeness (QED) is 0.583. The van der Waals surface area contributed by atoms with Gasteiger partial charge in [-0.05, 0) is 29.7 Å². The zero-order valence-corrected chi connectivity index (χ0v) is 19.6. The number of halogens is 3. The molecule has 0 bridgehead atoms. The van der Waals surface area contributed by atoms with Crippen LogP contribution in [0.2, 0.25) is 0 Å². The minimum Gasteiger partial charge on any atom is -0.465 e. The van der Waals surface area contributed by atoms with Crippen LogP contribution in [0.1, 0.15) is 37.6 Å². The summed E-state index contributed by atoms with van der Waals surface area (Å²) in [5.74, 6) is 0.405. The number of alkyl halides is 3. The van der Waals surface area contributed by atoms with Crippen molar-refractivity contribution in [3.8, 4) is 5.69 Å². The lowest BCUT2D eigenvalue weighted by atomic mass is 9.92. The van der Waals surface area contributed by atoms with Crippen LogP contribution in [0.3, 0.4) is 0 Å². The molecular weight excluding hydrogens is 467 g/mol. The van der Waals surface area contributed by atoms with Gasteiger partial charge in [-0.3, -0.25) is 5.32 Å². The maximum atomic E-state index is 12.2. The molecule has 2 heterocycles. The van der Waals surface area contributed by atoms with Gasteiger partial charge in [0, 0.05) is 24.6 Å². The van der Waals surface area contributed by atoms with Crippen LogP contribution in [0, 0.1) is 0 Å². The Kier molecular flexibility index (Phi) is 6.64. The van der Waals surface area contributed by atoms with E-state index in [0.29, 0.717) is 25.3 Å². The molecule has 31 heavy (non-hydrogen) atoms. The first-order valence-electron chi connectivity index (χ1n) is 9.54. The summed E-state index contributed by atoms with van der Waals surface area (Å²) in [4.78, 5) is 24.8. The van der Waals surface area contributed by atoms with Gasteiger partial charge in [0.05, 0.1) is 11.4 Å². The van der Waals surface area contributed by atoms with Crippen molar-refractivity contribution in [1.29, 1.82) is 0 Å². The smallest absolute Gasteiger partial charge is 0.412 e. The van der Waals surface area contributed by atoms with Crippen LogP contribution < -0.4 is 5.32 Å². The van der Waals surface area contributed by atoms with Crippen molar-refractivity contribution >= 4 is 52.8 Å². The zero-order valence-electron chi connectivity index (χ0n) is 17.3. The fraction of sp³-hybridized carbons (Fsp3) is 0.450. The van der Waals surface area contributed by atoms with Gasteiger partial charge in [0.1, 0.15) is 12.4 Å². The molecule has 0 spiro atoms. The Labute approximate surface area is 195 Å². The highest BCUT2D eigenvalue weighted by Crippen LogP contribution is 2.29. The number of hydrogen-bond acceptors (Lipinski definition) is 4. The molecule has 0 saturated carbocycles. The minimum absolute atomic E-state index is 0.265. The third kappa shape index (κ3) is 5.96. The molecule has 1 aromatic heterocycles. The van der Waals surface area contributed by atoms with Crippen LogP contribution in [0.4, 0.5) is 15.4 Å². The maximum absolute atomic E-state index is 12.2. The summed E-state index contributed by atoms with van der Waals surface area (Å²) in [7, 11) is 0. The van der Waals surface area contributed by atoms with Crippen LogP contribution in [-0.2, 0) is 23.1 Å². The van der Waals surface area contributed by atoms with Crippen molar-refractivity contribution in [2.24, 2.45) is 0 Å². The van der Waals surface area contributed by atoms with Gasteiger partial charge >= 0.3 is 12.2 Å². The minimum atomic E-state index is -1.71. The Morgan fingerprint density at radius 1 is 1.19 bits per heavy atom. The number of rotatable bonds is 3. The zero-order chi connectivity index (χ0) is 23.0. The van der Waals surface area contributed by atoms with Crippen molar-refractivity contribution in [3.05, 3.63) is 41.1 Å². The van der Waals surface area contributed by atoms with Gasteiger partial charge in [0.2, 0.25) is 3.79 Å². The lowest BCUT2D eigenvalue weighted by molar-refractivity contribution is 0.140. The second-order valence-corrected chi connectivity index (χ2v) is 10.8. The predicted octanol–water partition coefficient (Wildman–Crippen LogP) is 5.12. The molecule has 1 aliphatic heterocycles. The van der Waals surface area contributed by atoms with Crippen LogP contribution >= 0.6 is 34.8 Å². The van der Waals surface area contributed by atoms with E-state index in [1.165, 1.54) is 4.90 Å². The number of nitrogens with zero attached hydrogens (tertiary/aromatic N) is 3. The first kappa shape index (κ1) is 23.5. The molecule has 1 aromatic carbocycles. The summed E-state index contributed by atoms with van der Waals surface area (Å²) in [6.45, 7) is 6.40. The summed E-state index contributed by atoms with van der Waals surface area (Å²) in [5, 5.41) is 16.5. The Hall–Kier alpha value is -2.16. The average molecular weight is 490 g/mol. The number of anilines is 1. The topological polar surface area (TPSA) is 96.7 Å². The summed E-state index contributed by atoms with van der Waals surface area (Å²) in [6.07, 6.45) is -1.11. The summed E-state index contributed by atoms with van der Waals surface area (Å²) < 4.78 is 4.87. The second-order valence-electron chi connectivity index (χ2n) is 8.30. The van der Waals surface area contributed by atoms with Crippen molar-refractivity contribution in [2.45, 2.75) is 42.9 Å². The second kappa shape index (κ2) is 8.76. The number of carbonyl (C=O) groups is 2. The molecule has 3 rings (SSSR count). The molecule has 0 aliphatic carbocycles. The van der Waals surface area contributed by atoms with Crippen LogP contribution in [-0.4, -0.2) is 48.9 Å². The Morgan fingerprint density at radius 2 is 1.90 bits per heavy atom. The van der Waals surface area contributed by atoms with Gasteiger partial charge in [-0.1, -0.05) is 61.6 Å². The fourth-order valence-corrected chi connectivity index (χ4v) is 3.32. The molecule has 168 valence electrons. The number of hydrogen-bond donors (Lipinski definition) is 2. The number of amides is 2. The van der Waals surface area contributed by atoms with Gasteiger partial charge in [0.25, 0.3) is 0 Å². The van der Waals surface area contributed by atoms with E-state index in [1.807, 2.05) is 39.0 Å². The molecule has 8 nitrogen and oxygen atoms in total. The van der Waals surface area contributed by atoms with Crippen LogP contribution in [0.25, 0.3) is 5.69 Å². The van der Waals surface area contributed by atoms with E-state index in [1.54, 1.807) is 10.7 Å². The maximum Gasteiger partial charge on any atom is 0.412 e. The third-order valence-corrected chi connectivity index (χ3v) is 5.12. The van der Waals surface area contributed by atoms with E-state index in [2.05, 4.69) is 10.4 Å². The largest absolute Gasteiger partial charge is 0.465 e. The number of benzene rings is 1. The van der Waals surface area contributed by atoms with Crippen LogP contribution in [0.15, 0.2) is 24.3 Å². The number of carbonyl (C=O) groups excluding carboxylic acids is 1. The van der Waals surface area contributed by atoms with E-state index >= 15 is 0 Å². The molecular formula is C20H23Cl3N4O4.